The first-order valence-electron chi connectivity index (χ1n) is 8.61. The zero-order valence-corrected chi connectivity index (χ0v) is 16.7. The average molecular weight is 447 g/mol. The molecule has 142 valence electrons. The number of nitrogens with zero attached hydrogens (tertiary/aromatic N) is 1. The van der Waals surface area contributed by atoms with Crippen LogP contribution in [0.2, 0.25) is 0 Å². The van der Waals surface area contributed by atoms with Gasteiger partial charge in [-0.25, -0.2) is 4.79 Å². The Morgan fingerprint density at radius 3 is 2.21 bits per heavy atom. The zero-order valence-electron chi connectivity index (χ0n) is 15.1. The van der Waals surface area contributed by atoms with Crippen molar-refractivity contribution in [2.75, 3.05) is 5.32 Å². The lowest BCUT2D eigenvalue weighted by atomic mass is 10.1. The van der Waals surface area contributed by atoms with E-state index in [0.29, 0.717) is 22.6 Å². The number of carbonyl (C=O) groups excluding carboxylic acids is 2. The summed E-state index contributed by atoms with van der Waals surface area (Å²) in [5.41, 5.74) is 1.64. The monoisotopic (exact) mass is 446 g/mol. The highest BCUT2D eigenvalue weighted by Crippen LogP contribution is 2.18. The molecule has 3 rings (SSSR count). The van der Waals surface area contributed by atoms with Crippen LogP contribution in [0, 0.1) is 11.3 Å². The third-order valence-electron chi connectivity index (χ3n) is 3.88. The van der Waals surface area contributed by atoms with Gasteiger partial charge in [0.25, 0.3) is 5.91 Å². The maximum absolute atomic E-state index is 12.3. The Balaban J connectivity index is 1.68. The SMILES string of the molecule is N#C/C(=C\c1ccc(OC(=O)c2ccc(Br)cc2)cc1)C(=O)Nc1ccccc1. The van der Waals surface area contributed by atoms with Gasteiger partial charge in [-0.1, -0.05) is 46.3 Å². The molecular formula is C23H15BrN2O3. The second-order valence-corrected chi connectivity index (χ2v) is 6.87. The number of anilines is 1. The van der Waals surface area contributed by atoms with Gasteiger partial charge in [-0.3, -0.25) is 4.79 Å². The largest absolute Gasteiger partial charge is 0.423 e. The highest BCUT2D eigenvalue weighted by Gasteiger charge is 2.11. The Morgan fingerprint density at radius 1 is 0.931 bits per heavy atom. The molecule has 29 heavy (non-hydrogen) atoms. The first-order valence-corrected chi connectivity index (χ1v) is 9.40. The van der Waals surface area contributed by atoms with Crippen LogP contribution in [-0.2, 0) is 4.79 Å². The Labute approximate surface area is 176 Å². The Hall–Kier alpha value is -3.69. The third-order valence-corrected chi connectivity index (χ3v) is 4.41. The van der Waals surface area contributed by atoms with Crippen LogP contribution >= 0.6 is 15.9 Å². The molecular weight excluding hydrogens is 432 g/mol. The molecule has 0 saturated heterocycles. The number of hydrogen-bond donors (Lipinski definition) is 1. The summed E-state index contributed by atoms with van der Waals surface area (Å²) in [4.78, 5) is 24.4. The predicted octanol–water partition coefficient (Wildman–Crippen LogP) is 5.21. The number of hydrogen-bond acceptors (Lipinski definition) is 4. The van der Waals surface area contributed by atoms with Crippen LogP contribution in [0.3, 0.4) is 0 Å². The summed E-state index contributed by atoms with van der Waals surface area (Å²) in [6, 6.07) is 24.2. The van der Waals surface area contributed by atoms with Gasteiger partial charge < -0.3 is 10.1 Å². The summed E-state index contributed by atoms with van der Waals surface area (Å²) in [5.74, 6) is -0.604. The van der Waals surface area contributed by atoms with Crippen molar-refractivity contribution in [1.29, 1.82) is 5.26 Å². The lowest BCUT2D eigenvalue weighted by Crippen LogP contribution is -2.13. The van der Waals surface area contributed by atoms with Gasteiger partial charge in [0.15, 0.2) is 0 Å². The van der Waals surface area contributed by atoms with E-state index < -0.39 is 11.9 Å². The van der Waals surface area contributed by atoms with E-state index in [1.165, 1.54) is 6.08 Å². The van der Waals surface area contributed by atoms with Crippen molar-refractivity contribution in [3.8, 4) is 11.8 Å². The molecule has 0 spiro atoms. The molecule has 5 nitrogen and oxygen atoms in total. The van der Waals surface area contributed by atoms with E-state index in [1.807, 2.05) is 12.1 Å². The van der Waals surface area contributed by atoms with Gasteiger partial charge in [-0.2, -0.15) is 5.26 Å². The number of ether oxygens (including phenoxy) is 1. The summed E-state index contributed by atoms with van der Waals surface area (Å²) < 4.78 is 6.20. The molecule has 0 aliphatic rings. The third kappa shape index (κ3) is 5.64. The fourth-order valence-corrected chi connectivity index (χ4v) is 2.68. The number of nitrogens with one attached hydrogen (secondary N) is 1. The van der Waals surface area contributed by atoms with Crippen LogP contribution in [-0.4, -0.2) is 11.9 Å². The van der Waals surface area contributed by atoms with Crippen molar-refractivity contribution in [3.05, 3.63) is 100 Å². The van der Waals surface area contributed by atoms with E-state index in [-0.39, 0.29) is 5.57 Å². The molecule has 3 aromatic rings. The number of nitriles is 1. The smallest absolute Gasteiger partial charge is 0.343 e. The Morgan fingerprint density at radius 2 is 1.59 bits per heavy atom. The molecule has 0 aliphatic carbocycles. The van der Waals surface area contributed by atoms with Gasteiger partial charge >= 0.3 is 5.97 Å². The molecule has 1 N–H and O–H groups in total. The van der Waals surface area contributed by atoms with Crippen LogP contribution in [0.5, 0.6) is 5.75 Å². The number of benzene rings is 3. The van der Waals surface area contributed by atoms with Gasteiger partial charge in [0, 0.05) is 10.2 Å². The molecule has 0 aliphatic heterocycles. The van der Waals surface area contributed by atoms with Crippen LogP contribution in [0.15, 0.2) is 88.9 Å². The minimum atomic E-state index is -0.496. The molecule has 6 heteroatoms. The quantitative estimate of drug-likeness (QED) is 0.252. The van der Waals surface area contributed by atoms with Gasteiger partial charge in [0.05, 0.1) is 5.56 Å². The summed E-state index contributed by atoms with van der Waals surface area (Å²) in [6.07, 6.45) is 1.47. The second-order valence-electron chi connectivity index (χ2n) is 5.96. The fourth-order valence-electron chi connectivity index (χ4n) is 2.42. The average Bonchev–Trinajstić information content (AvgIpc) is 2.74. The van der Waals surface area contributed by atoms with Crippen molar-refractivity contribution < 1.29 is 14.3 Å². The van der Waals surface area contributed by atoms with Crippen LogP contribution in [0.25, 0.3) is 6.08 Å². The van der Waals surface area contributed by atoms with Gasteiger partial charge in [0.2, 0.25) is 0 Å². The normalized spacial score (nSPS) is 10.7. The van der Waals surface area contributed by atoms with Crippen molar-refractivity contribution in [3.63, 3.8) is 0 Å². The molecule has 0 saturated carbocycles. The first kappa shape index (κ1) is 20.1. The van der Waals surface area contributed by atoms with Crippen LogP contribution in [0.4, 0.5) is 5.69 Å². The molecule has 3 aromatic carbocycles. The molecule has 0 bridgehead atoms. The minimum absolute atomic E-state index is 0.0338. The molecule has 0 aromatic heterocycles. The zero-order chi connectivity index (χ0) is 20.6. The van der Waals surface area contributed by atoms with Crippen LogP contribution in [0.1, 0.15) is 15.9 Å². The summed E-state index contributed by atoms with van der Waals surface area (Å²) in [5, 5.41) is 12.0. The van der Waals surface area contributed by atoms with Gasteiger partial charge in [-0.05, 0) is 60.2 Å². The van der Waals surface area contributed by atoms with Crippen molar-refractivity contribution in [1.82, 2.24) is 0 Å². The second kappa shape index (κ2) is 9.49. The summed E-state index contributed by atoms with van der Waals surface area (Å²) >= 11 is 3.31. The van der Waals surface area contributed by atoms with E-state index >= 15 is 0 Å². The maximum Gasteiger partial charge on any atom is 0.343 e. The highest BCUT2D eigenvalue weighted by atomic mass is 79.9. The lowest BCUT2D eigenvalue weighted by molar-refractivity contribution is -0.112. The van der Waals surface area contributed by atoms with E-state index in [4.69, 9.17) is 4.74 Å². The number of carbonyl (C=O) groups is 2. The number of para-hydroxylation sites is 1. The molecule has 0 heterocycles. The molecule has 0 radical (unpaired) electrons. The van der Waals surface area contributed by atoms with E-state index in [0.717, 1.165) is 4.47 Å². The minimum Gasteiger partial charge on any atom is -0.423 e. The number of rotatable bonds is 5. The molecule has 1 amide bonds. The number of halogens is 1. The molecule has 0 atom stereocenters. The van der Waals surface area contributed by atoms with Crippen LogP contribution < -0.4 is 10.1 Å². The first-order chi connectivity index (χ1) is 14.0. The molecule has 0 fully saturated rings. The standard InChI is InChI=1S/C23H15BrN2O3/c24-19-10-8-17(9-11-19)23(28)29-21-12-6-16(7-13-21)14-18(15-25)22(27)26-20-4-2-1-3-5-20/h1-14H,(H,26,27)/b18-14+. The van der Waals surface area contributed by atoms with E-state index in [1.54, 1.807) is 72.8 Å². The lowest BCUT2D eigenvalue weighted by Gasteiger charge is -2.06. The number of esters is 1. The van der Waals surface area contributed by atoms with Gasteiger partial charge in [0.1, 0.15) is 17.4 Å². The maximum atomic E-state index is 12.3. The highest BCUT2D eigenvalue weighted by molar-refractivity contribution is 9.10. The van der Waals surface area contributed by atoms with E-state index in [9.17, 15) is 14.9 Å². The Kier molecular flexibility index (Phi) is 6.56. The molecule has 0 unspecified atom stereocenters. The van der Waals surface area contributed by atoms with Gasteiger partial charge in [-0.15, -0.1) is 0 Å². The van der Waals surface area contributed by atoms with Crippen molar-refractivity contribution >= 4 is 39.6 Å². The fraction of sp³-hybridized carbons (Fsp3) is 0. The Bertz CT molecular complexity index is 1080. The topological polar surface area (TPSA) is 79.2 Å². The summed E-state index contributed by atoms with van der Waals surface area (Å²) in [6.45, 7) is 0. The number of amides is 1. The predicted molar refractivity (Wildman–Crippen MR) is 114 cm³/mol. The van der Waals surface area contributed by atoms with Crippen molar-refractivity contribution in [2.24, 2.45) is 0 Å². The van der Waals surface area contributed by atoms with E-state index in [2.05, 4.69) is 21.2 Å². The van der Waals surface area contributed by atoms with Crippen molar-refractivity contribution in [2.45, 2.75) is 0 Å². The summed E-state index contributed by atoms with van der Waals surface area (Å²) in [7, 11) is 0.